The molecule has 0 aliphatic carbocycles. The van der Waals surface area contributed by atoms with Crippen LogP contribution in [0.3, 0.4) is 0 Å². The zero-order valence-corrected chi connectivity index (χ0v) is 20.9. The Bertz CT molecular complexity index is 1370. The Morgan fingerprint density at radius 2 is 1.69 bits per heavy atom. The number of carbonyl (C=O) groups excluding carboxylic acids is 2. The molecule has 9 nitrogen and oxygen atoms in total. The summed E-state index contributed by atoms with van der Waals surface area (Å²) in [5, 5.41) is 2.78. The number of anilines is 1. The molecule has 36 heavy (non-hydrogen) atoms. The van der Waals surface area contributed by atoms with Gasteiger partial charge in [0, 0.05) is 30.2 Å². The highest BCUT2D eigenvalue weighted by atomic mass is 35.5. The average Bonchev–Trinajstić information content (AvgIpc) is 3.32. The fourth-order valence-corrected chi connectivity index (χ4v) is 5.05. The molecule has 2 N–H and O–H groups in total. The summed E-state index contributed by atoms with van der Waals surface area (Å²) < 4.78 is 37.8. The summed E-state index contributed by atoms with van der Waals surface area (Å²) in [5.41, 5.74) is 1.66. The number of ether oxygens (including phenoxy) is 2. The third-order valence-electron chi connectivity index (χ3n) is 5.51. The van der Waals surface area contributed by atoms with Crippen LogP contribution in [0.4, 0.5) is 10.5 Å². The van der Waals surface area contributed by atoms with Crippen LogP contribution in [0.15, 0.2) is 72.8 Å². The van der Waals surface area contributed by atoms with Gasteiger partial charge in [0.05, 0.1) is 5.75 Å². The second-order valence-electron chi connectivity index (χ2n) is 8.10. The molecule has 1 atom stereocenters. The van der Waals surface area contributed by atoms with Gasteiger partial charge in [0.2, 0.25) is 22.7 Å². The van der Waals surface area contributed by atoms with Crippen LogP contribution in [-0.4, -0.2) is 40.2 Å². The van der Waals surface area contributed by atoms with Crippen LogP contribution in [0.1, 0.15) is 11.1 Å². The molecule has 0 unspecified atom stereocenters. The predicted molar refractivity (Wildman–Crippen MR) is 136 cm³/mol. The molecule has 188 valence electrons. The maximum Gasteiger partial charge on any atom is 0.329 e. The Hall–Kier alpha value is -3.76. The third-order valence-corrected chi connectivity index (χ3v) is 7.07. The van der Waals surface area contributed by atoms with Crippen LogP contribution in [0, 0.1) is 0 Å². The zero-order valence-electron chi connectivity index (χ0n) is 19.3. The minimum Gasteiger partial charge on any atom is -0.454 e. The lowest BCUT2D eigenvalue weighted by atomic mass is 10.0. The molecule has 0 bridgehead atoms. The monoisotopic (exact) mass is 529 g/mol. The predicted octanol–water partition coefficient (Wildman–Crippen LogP) is 3.47. The van der Waals surface area contributed by atoms with E-state index in [4.69, 9.17) is 21.1 Å². The highest BCUT2D eigenvalue weighted by Crippen LogP contribution is 2.35. The molecule has 0 aromatic heterocycles. The minimum atomic E-state index is -4.08. The van der Waals surface area contributed by atoms with Gasteiger partial charge in [0.15, 0.2) is 11.5 Å². The van der Waals surface area contributed by atoms with Crippen molar-refractivity contribution in [2.45, 2.75) is 18.2 Å². The van der Waals surface area contributed by atoms with Gasteiger partial charge in [-0.15, -0.1) is 0 Å². The van der Waals surface area contributed by atoms with E-state index < -0.39 is 33.8 Å². The molecule has 3 aromatic rings. The first kappa shape index (κ1) is 25.3. The number of benzene rings is 3. The first-order valence-electron chi connectivity index (χ1n) is 11.0. The Balaban J connectivity index is 1.50. The Morgan fingerprint density at radius 3 is 2.44 bits per heavy atom. The normalized spacial score (nSPS) is 13.1. The molecule has 0 saturated carbocycles. The maximum atomic E-state index is 13.4. The summed E-state index contributed by atoms with van der Waals surface area (Å²) in [6, 6.07) is 18.5. The van der Waals surface area contributed by atoms with Crippen molar-refractivity contribution in [3.05, 3.63) is 88.9 Å². The van der Waals surface area contributed by atoms with E-state index in [1.54, 1.807) is 49.5 Å². The van der Waals surface area contributed by atoms with Crippen molar-refractivity contribution < 1.29 is 27.5 Å². The quantitative estimate of drug-likeness (QED) is 0.462. The number of carbonyl (C=O) groups is 2. The van der Waals surface area contributed by atoms with E-state index in [1.165, 1.54) is 4.90 Å². The third kappa shape index (κ3) is 6.27. The summed E-state index contributed by atoms with van der Waals surface area (Å²) in [7, 11) is -2.52. The Labute approximate surface area is 214 Å². The van der Waals surface area contributed by atoms with E-state index >= 15 is 0 Å². The largest absolute Gasteiger partial charge is 0.454 e. The molecule has 4 rings (SSSR count). The number of hydrogen-bond acceptors (Lipinski definition) is 6. The number of nitrogens with zero attached hydrogens (tertiary/aromatic N) is 1. The van der Waals surface area contributed by atoms with Gasteiger partial charge in [0.25, 0.3) is 0 Å². The lowest BCUT2D eigenvalue weighted by molar-refractivity contribution is -0.120. The number of nitrogens with one attached hydrogen (secondary N) is 2. The number of likely N-dealkylation sites (N-methyl/N-ethyl adjacent to an activating group) is 1. The van der Waals surface area contributed by atoms with Crippen LogP contribution in [0.5, 0.6) is 11.5 Å². The van der Waals surface area contributed by atoms with Crippen LogP contribution < -0.4 is 24.4 Å². The molecule has 0 radical (unpaired) electrons. The number of fused-ring (bicyclic) bond motifs is 1. The highest BCUT2D eigenvalue weighted by Gasteiger charge is 2.28. The number of sulfonamides is 1. The number of urea groups is 1. The Kier molecular flexibility index (Phi) is 7.66. The van der Waals surface area contributed by atoms with Crippen LogP contribution in [0.2, 0.25) is 5.02 Å². The number of rotatable bonds is 8. The second kappa shape index (κ2) is 10.9. The standard InChI is InChI=1S/C25H24ClN3O6S/c1-29(19-11-12-22-23(14-19)35-16-34-22)24(30)21(13-17-7-3-2-4-8-17)27-25(31)28-36(32,33)15-18-9-5-6-10-20(18)26/h2-12,14,21H,13,15-16H2,1H3,(H2,27,28,31)/t21-/m0/s1. The first-order chi connectivity index (χ1) is 17.2. The summed E-state index contributed by atoms with van der Waals surface area (Å²) in [4.78, 5) is 27.5. The minimum absolute atomic E-state index is 0.0947. The first-order valence-corrected chi connectivity index (χ1v) is 13.0. The van der Waals surface area contributed by atoms with Crippen LogP contribution >= 0.6 is 11.6 Å². The highest BCUT2D eigenvalue weighted by molar-refractivity contribution is 7.89. The second-order valence-corrected chi connectivity index (χ2v) is 10.2. The summed E-state index contributed by atoms with van der Waals surface area (Å²) in [6.45, 7) is 0.0947. The summed E-state index contributed by atoms with van der Waals surface area (Å²) >= 11 is 6.05. The van der Waals surface area contributed by atoms with E-state index in [-0.39, 0.29) is 18.2 Å². The fourth-order valence-electron chi connectivity index (χ4n) is 3.69. The maximum absolute atomic E-state index is 13.4. The fraction of sp³-hybridized carbons (Fsp3) is 0.200. The SMILES string of the molecule is CN(C(=O)[C@H](Cc1ccccc1)NC(=O)NS(=O)(=O)Cc1ccccc1Cl)c1ccc2c(c1)OCO2. The van der Waals surface area contributed by atoms with Crippen molar-refractivity contribution in [1.29, 1.82) is 0 Å². The molecule has 0 saturated heterocycles. The van der Waals surface area contributed by atoms with E-state index in [1.807, 2.05) is 35.1 Å². The number of hydrogen-bond donors (Lipinski definition) is 2. The molecule has 3 aromatic carbocycles. The van der Waals surface area contributed by atoms with Gasteiger partial charge >= 0.3 is 6.03 Å². The average molecular weight is 530 g/mol. The molecule has 0 fully saturated rings. The van der Waals surface area contributed by atoms with Crippen molar-refractivity contribution >= 4 is 39.2 Å². The molecule has 1 aliphatic rings. The zero-order chi connectivity index (χ0) is 25.7. The molecular weight excluding hydrogens is 506 g/mol. The van der Waals surface area contributed by atoms with Gasteiger partial charge in [0.1, 0.15) is 6.04 Å². The molecular formula is C25H24ClN3O6S. The van der Waals surface area contributed by atoms with Crippen molar-refractivity contribution in [3.63, 3.8) is 0 Å². The number of amides is 3. The van der Waals surface area contributed by atoms with Crippen LogP contribution in [0.25, 0.3) is 0 Å². The smallest absolute Gasteiger partial charge is 0.329 e. The molecule has 11 heteroatoms. The van der Waals surface area contributed by atoms with Gasteiger partial charge in [-0.3, -0.25) is 4.79 Å². The van der Waals surface area contributed by atoms with Crippen molar-refractivity contribution in [1.82, 2.24) is 10.0 Å². The topological polar surface area (TPSA) is 114 Å². The molecule has 1 aliphatic heterocycles. The lowest BCUT2D eigenvalue weighted by Gasteiger charge is -2.25. The van der Waals surface area contributed by atoms with E-state index in [9.17, 15) is 18.0 Å². The van der Waals surface area contributed by atoms with Gasteiger partial charge in [-0.1, -0.05) is 60.1 Å². The molecule has 1 heterocycles. The van der Waals surface area contributed by atoms with E-state index in [2.05, 4.69) is 5.32 Å². The summed E-state index contributed by atoms with van der Waals surface area (Å²) in [6.07, 6.45) is 0.145. The van der Waals surface area contributed by atoms with Gasteiger partial charge in [-0.25, -0.2) is 17.9 Å². The molecule has 3 amide bonds. The lowest BCUT2D eigenvalue weighted by Crippen LogP contribution is -2.52. The van der Waals surface area contributed by atoms with E-state index in [0.717, 1.165) is 5.56 Å². The van der Waals surface area contributed by atoms with Crippen molar-refractivity contribution in [2.75, 3.05) is 18.7 Å². The van der Waals surface area contributed by atoms with Gasteiger partial charge < -0.3 is 19.7 Å². The van der Waals surface area contributed by atoms with Crippen LogP contribution in [-0.2, 0) is 27.0 Å². The number of halogens is 1. The van der Waals surface area contributed by atoms with Crippen molar-refractivity contribution in [2.24, 2.45) is 0 Å². The van der Waals surface area contributed by atoms with Gasteiger partial charge in [-0.2, -0.15) is 0 Å². The summed E-state index contributed by atoms with van der Waals surface area (Å²) in [5.74, 6) is 0.134. The van der Waals surface area contributed by atoms with Gasteiger partial charge in [-0.05, 0) is 29.3 Å². The molecule has 0 spiro atoms. The van der Waals surface area contributed by atoms with Crippen molar-refractivity contribution in [3.8, 4) is 11.5 Å². The van der Waals surface area contributed by atoms with E-state index in [0.29, 0.717) is 22.7 Å². The Morgan fingerprint density at radius 1 is 1.00 bits per heavy atom.